The first-order valence-electron chi connectivity index (χ1n) is 7.84. The van der Waals surface area contributed by atoms with E-state index in [4.69, 9.17) is 4.74 Å². The molecule has 3 atom stereocenters. The SMILES string of the molecule is COc1ccc(CC(C)(C)C2CCC(C)CC2O)cc1Br. The van der Waals surface area contributed by atoms with E-state index in [1.165, 1.54) is 12.0 Å². The van der Waals surface area contributed by atoms with Crippen molar-refractivity contribution in [3.05, 3.63) is 28.2 Å². The van der Waals surface area contributed by atoms with Gasteiger partial charge in [0.25, 0.3) is 0 Å². The summed E-state index contributed by atoms with van der Waals surface area (Å²) >= 11 is 3.56. The highest BCUT2D eigenvalue weighted by atomic mass is 79.9. The molecule has 1 aromatic carbocycles. The lowest BCUT2D eigenvalue weighted by atomic mass is 9.65. The molecule has 1 aliphatic carbocycles. The van der Waals surface area contributed by atoms with E-state index in [1.807, 2.05) is 6.07 Å². The van der Waals surface area contributed by atoms with Gasteiger partial charge in [0, 0.05) is 0 Å². The number of aliphatic hydroxyl groups excluding tert-OH is 1. The van der Waals surface area contributed by atoms with E-state index >= 15 is 0 Å². The summed E-state index contributed by atoms with van der Waals surface area (Å²) in [5.41, 5.74) is 1.40. The van der Waals surface area contributed by atoms with Gasteiger partial charge in [-0.25, -0.2) is 0 Å². The van der Waals surface area contributed by atoms with Crippen molar-refractivity contribution in [2.24, 2.45) is 17.3 Å². The first-order chi connectivity index (χ1) is 9.83. The zero-order valence-electron chi connectivity index (χ0n) is 13.5. The fraction of sp³-hybridized carbons (Fsp3) is 0.667. The number of halogens is 1. The van der Waals surface area contributed by atoms with Crippen molar-refractivity contribution in [1.29, 1.82) is 0 Å². The highest BCUT2D eigenvalue weighted by Crippen LogP contribution is 2.42. The van der Waals surface area contributed by atoms with Gasteiger partial charge < -0.3 is 9.84 Å². The lowest BCUT2D eigenvalue weighted by Crippen LogP contribution is -2.39. The van der Waals surface area contributed by atoms with Gasteiger partial charge in [0.1, 0.15) is 5.75 Å². The molecule has 0 spiro atoms. The van der Waals surface area contributed by atoms with Crippen LogP contribution in [0.5, 0.6) is 5.75 Å². The minimum absolute atomic E-state index is 0.105. The maximum absolute atomic E-state index is 10.5. The largest absolute Gasteiger partial charge is 0.496 e. The van der Waals surface area contributed by atoms with Crippen LogP contribution in [0.1, 0.15) is 45.6 Å². The molecule has 0 heterocycles. The second kappa shape index (κ2) is 6.70. The van der Waals surface area contributed by atoms with Crippen LogP contribution in [-0.2, 0) is 6.42 Å². The molecule has 3 heteroatoms. The number of hydrogen-bond donors (Lipinski definition) is 1. The van der Waals surface area contributed by atoms with Gasteiger partial charge in [0.2, 0.25) is 0 Å². The number of aliphatic hydroxyl groups is 1. The van der Waals surface area contributed by atoms with Gasteiger partial charge in [-0.15, -0.1) is 0 Å². The Balaban J connectivity index is 2.11. The molecule has 21 heavy (non-hydrogen) atoms. The molecular formula is C18H27BrO2. The first kappa shape index (κ1) is 16.8. The molecule has 0 aromatic heterocycles. The topological polar surface area (TPSA) is 29.5 Å². The third-order valence-corrected chi connectivity index (χ3v) is 5.58. The molecular weight excluding hydrogens is 328 g/mol. The van der Waals surface area contributed by atoms with Crippen molar-refractivity contribution in [1.82, 2.24) is 0 Å². The average molecular weight is 355 g/mol. The Bertz CT molecular complexity index is 484. The van der Waals surface area contributed by atoms with Gasteiger partial charge in [0.05, 0.1) is 17.7 Å². The van der Waals surface area contributed by atoms with Gasteiger partial charge in [-0.05, 0) is 70.1 Å². The monoisotopic (exact) mass is 354 g/mol. The molecule has 1 fully saturated rings. The van der Waals surface area contributed by atoms with Crippen LogP contribution in [0.4, 0.5) is 0 Å². The molecule has 1 aliphatic rings. The normalized spacial score (nSPS) is 26.7. The zero-order chi connectivity index (χ0) is 15.6. The highest BCUT2D eigenvalue weighted by molar-refractivity contribution is 9.10. The Morgan fingerprint density at radius 2 is 2.05 bits per heavy atom. The van der Waals surface area contributed by atoms with Gasteiger partial charge >= 0.3 is 0 Å². The predicted octanol–water partition coefficient (Wildman–Crippen LogP) is 4.82. The summed E-state index contributed by atoms with van der Waals surface area (Å²) < 4.78 is 6.28. The van der Waals surface area contributed by atoms with E-state index in [9.17, 15) is 5.11 Å². The van der Waals surface area contributed by atoms with Gasteiger partial charge in [-0.3, -0.25) is 0 Å². The number of methoxy groups -OCH3 is 1. The van der Waals surface area contributed by atoms with E-state index in [2.05, 4.69) is 48.8 Å². The fourth-order valence-corrected chi connectivity index (χ4v) is 4.33. The number of ether oxygens (including phenoxy) is 1. The Hall–Kier alpha value is -0.540. The standard InChI is InChI=1S/C18H27BrO2/c1-12-5-7-14(16(20)9-12)18(2,3)11-13-6-8-17(21-4)15(19)10-13/h6,8,10,12,14,16,20H,5,7,9,11H2,1-4H3. The number of rotatable bonds is 4. The molecule has 3 unspecified atom stereocenters. The van der Waals surface area contributed by atoms with Gasteiger partial charge in [-0.1, -0.05) is 33.3 Å². The molecule has 0 saturated heterocycles. The van der Waals surface area contributed by atoms with Crippen molar-refractivity contribution in [3.8, 4) is 5.75 Å². The Kier molecular flexibility index (Phi) is 5.37. The van der Waals surface area contributed by atoms with Crippen molar-refractivity contribution >= 4 is 15.9 Å². The van der Waals surface area contributed by atoms with Gasteiger partial charge in [0.15, 0.2) is 0 Å². The summed E-state index contributed by atoms with van der Waals surface area (Å²) in [6, 6.07) is 6.27. The Labute approximate surface area is 137 Å². The third kappa shape index (κ3) is 4.01. The molecule has 118 valence electrons. The minimum Gasteiger partial charge on any atom is -0.496 e. The molecule has 0 amide bonds. The fourth-order valence-electron chi connectivity index (χ4n) is 3.74. The molecule has 1 saturated carbocycles. The first-order valence-corrected chi connectivity index (χ1v) is 8.63. The molecule has 1 N–H and O–H groups in total. The average Bonchev–Trinajstić information content (AvgIpc) is 2.37. The number of benzene rings is 1. The van der Waals surface area contributed by atoms with Crippen molar-refractivity contribution in [2.75, 3.05) is 7.11 Å². The van der Waals surface area contributed by atoms with Crippen molar-refractivity contribution in [2.45, 2.75) is 52.6 Å². The summed E-state index contributed by atoms with van der Waals surface area (Å²) in [6.45, 7) is 6.82. The van der Waals surface area contributed by atoms with Crippen LogP contribution >= 0.6 is 15.9 Å². The van der Waals surface area contributed by atoms with Crippen molar-refractivity contribution in [3.63, 3.8) is 0 Å². The van der Waals surface area contributed by atoms with Crippen LogP contribution in [0.15, 0.2) is 22.7 Å². The summed E-state index contributed by atoms with van der Waals surface area (Å²) in [6.07, 6.45) is 4.13. The van der Waals surface area contributed by atoms with Crippen molar-refractivity contribution < 1.29 is 9.84 Å². The molecule has 2 nitrogen and oxygen atoms in total. The molecule has 1 aromatic rings. The van der Waals surface area contributed by atoms with Crippen LogP contribution in [0.2, 0.25) is 0 Å². The second-order valence-corrected chi connectivity index (χ2v) is 8.08. The van der Waals surface area contributed by atoms with E-state index in [0.717, 1.165) is 29.5 Å². The maximum atomic E-state index is 10.5. The lowest BCUT2D eigenvalue weighted by molar-refractivity contribution is -0.0125. The third-order valence-electron chi connectivity index (χ3n) is 4.96. The highest BCUT2D eigenvalue weighted by Gasteiger charge is 2.38. The van der Waals surface area contributed by atoms with Gasteiger partial charge in [-0.2, -0.15) is 0 Å². The Morgan fingerprint density at radius 3 is 2.62 bits per heavy atom. The summed E-state index contributed by atoms with van der Waals surface area (Å²) in [5, 5.41) is 10.5. The van der Waals surface area contributed by atoms with Crippen LogP contribution in [0.25, 0.3) is 0 Å². The lowest BCUT2D eigenvalue weighted by Gasteiger charge is -2.42. The maximum Gasteiger partial charge on any atom is 0.133 e. The zero-order valence-corrected chi connectivity index (χ0v) is 15.1. The van der Waals surface area contributed by atoms with E-state index in [0.29, 0.717) is 11.8 Å². The Morgan fingerprint density at radius 1 is 1.33 bits per heavy atom. The van der Waals surface area contributed by atoms with Crippen LogP contribution in [-0.4, -0.2) is 18.3 Å². The van der Waals surface area contributed by atoms with Crippen LogP contribution in [0.3, 0.4) is 0 Å². The minimum atomic E-state index is -0.162. The van der Waals surface area contributed by atoms with E-state index in [-0.39, 0.29) is 11.5 Å². The summed E-state index contributed by atoms with van der Waals surface area (Å²) in [7, 11) is 1.68. The van der Waals surface area contributed by atoms with Crippen LogP contribution in [0, 0.1) is 17.3 Å². The number of hydrogen-bond acceptors (Lipinski definition) is 2. The van der Waals surface area contributed by atoms with E-state index in [1.54, 1.807) is 7.11 Å². The smallest absolute Gasteiger partial charge is 0.133 e. The quantitative estimate of drug-likeness (QED) is 0.839. The van der Waals surface area contributed by atoms with Crippen LogP contribution < -0.4 is 4.74 Å². The molecule has 0 aliphatic heterocycles. The molecule has 0 radical (unpaired) electrons. The van der Waals surface area contributed by atoms with E-state index < -0.39 is 0 Å². The second-order valence-electron chi connectivity index (χ2n) is 7.23. The molecule has 2 rings (SSSR count). The summed E-state index contributed by atoms with van der Waals surface area (Å²) in [4.78, 5) is 0. The predicted molar refractivity (Wildman–Crippen MR) is 90.7 cm³/mol. The molecule has 0 bridgehead atoms. The summed E-state index contributed by atoms with van der Waals surface area (Å²) in [5.74, 6) is 1.90.